The molecule has 12 heavy (non-hydrogen) atoms. The monoisotopic (exact) mass is 196 g/mol. The number of cyclic esters (lactones) is 1. The molecule has 1 fully saturated rings. The molecule has 1 aliphatic heterocycles. The number of ether oxygens (including phenoxy) is 1. The fraction of sp³-hybridized carbons (Fsp3) is 0.857. The molecule has 2 unspecified atom stereocenters. The Balaban J connectivity index is 2.93. The lowest BCUT2D eigenvalue weighted by Crippen LogP contribution is -2.41. The largest absolute Gasteiger partial charge is 0.416 e. The van der Waals surface area contributed by atoms with Crippen LogP contribution in [0.1, 0.15) is 26.7 Å². The van der Waals surface area contributed by atoms with Crippen LogP contribution in [-0.2, 0) is 4.74 Å². The van der Waals surface area contributed by atoms with Crippen molar-refractivity contribution in [2.45, 2.75) is 37.5 Å². The minimum atomic E-state index is -2.44. The van der Waals surface area contributed by atoms with Crippen molar-refractivity contribution in [1.82, 2.24) is 0 Å². The maximum Gasteiger partial charge on any atom is 0.373 e. The van der Waals surface area contributed by atoms with Gasteiger partial charge < -0.3 is 4.74 Å². The predicted octanol–water partition coefficient (Wildman–Crippen LogP) is 3.02. The smallest absolute Gasteiger partial charge is 0.373 e. The third kappa shape index (κ3) is 1.20. The highest BCUT2D eigenvalue weighted by Crippen LogP contribution is 2.52. The van der Waals surface area contributed by atoms with E-state index in [1.54, 1.807) is 0 Å². The zero-order valence-corrected chi connectivity index (χ0v) is 7.71. The van der Waals surface area contributed by atoms with Gasteiger partial charge in [0.25, 0.3) is 5.85 Å². The van der Waals surface area contributed by atoms with E-state index in [-0.39, 0.29) is 12.8 Å². The van der Waals surface area contributed by atoms with Crippen LogP contribution in [0.4, 0.5) is 13.6 Å². The maximum absolute atomic E-state index is 13.6. The first-order valence-electron chi connectivity index (χ1n) is 3.77. The van der Waals surface area contributed by atoms with Crippen molar-refractivity contribution in [3.8, 4) is 0 Å². The van der Waals surface area contributed by atoms with E-state index in [2.05, 4.69) is 4.74 Å². The fourth-order valence-corrected chi connectivity index (χ4v) is 2.03. The van der Waals surface area contributed by atoms with Crippen LogP contribution >= 0.6 is 11.8 Å². The first kappa shape index (κ1) is 9.77. The Labute approximate surface area is 73.7 Å². The van der Waals surface area contributed by atoms with Gasteiger partial charge in [0.2, 0.25) is 5.00 Å². The van der Waals surface area contributed by atoms with E-state index in [1.165, 1.54) is 13.8 Å². The van der Waals surface area contributed by atoms with Crippen LogP contribution in [0.3, 0.4) is 0 Å². The molecular weight excluding hydrogens is 186 g/mol. The molecule has 1 heterocycles. The van der Waals surface area contributed by atoms with Crippen molar-refractivity contribution in [2.24, 2.45) is 0 Å². The summed E-state index contributed by atoms with van der Waals surface area (Å²) in [4.78, 5) is 10.7. The van der Waals surface area contributed by atoms with Gasteiger partial charge in [-0.05, 0) is 6.42 Å². The summed E-state index contributed by atoms with van der Waals surface area (Å²) >= 11 is 0.297. The van der Waals surface area contributed by atoms with E-state index in [1.807, 2.05) is 0 Å². The lowest BCUT2D eigenvalue weighted by atomic mass is 10.1. The molecule has 70 valence electrons. The van der Waals surface area contributed by atoms with E-state index in [0.717, 1.165) is 0 Å². The third-order valence-electron chi connectivity index (χ3n) is 1.96. The highest BCUT2D eigenvalue weighted by Gasteiger charge is 2.62. The maximum atomic E-state index is 13.6. The number of rotatable bonds is 2. The second-order valence-corrected chi connectivity index (χ2v) is 3.80. The van der Waals surface area contributed by atoms with Crippen LogP contribution in [0, 0.1) is 0 Å². The molecule has 5 heteroatoms. The molecule has 0 spiro atoms. The van der Waals surface area contributed by atoms with Crippen LogP contribution in [0.5, 0.6) is 0 Å². The zero-order chi connectivity index (χ0) is 9.41. The van der Waals surface area contributed by atoms with Crippen LogP contribution < -0.4 is 0 Å². The third-order valence-corrected chi connectivity index (χ3v) is 3.12. The molecule has 0 N–H and O–H groups in total. The van der Waals surface area contributed by atoms with Crippen LogP contribution in [0.15, 0.2) is 0 Å². The van der Waals surface area contributed by atoms with Gasteiger partial charge in [0, 0.05) is 18.2 Å². The van der Waals surface area contributed by atoms with Crippen molar-refractivity contribution in [3.05, 3.63) is 0 Å². The molecule has 0 amide bonds. The molecule has 0 aliphatic carbocycles. The van der Waals surface area contributed by atoms with Crippen LogP contribution in [0.2, 0.25) is 0 Å². The van der Waals surface area contributed by atoms with Crippen molar-refractivity contribution in [1.29, 1.82) is 0 Å². The second-order valence-electron chi connectivity index (χ2n) is 2.62. The number of thioether (sulfide) groups is 1. The fourth-order valence-electron chi connectivity index (χ4n) is 1.11. The van der Waals surface area contributed by atoms with Gasteiger partial charge in [-0.2, -0.15) is 4.39 Å². The van der Waals surface area contributed by atoms with Gasteiger partial charge in [-0.25, -0.2) is 9.18 Å². The van der Waals surface area contributed by atoms with E-state index in [9.17, 15) is 13.6 Å². The average molecular weight is 196 g/mol. The Morgan fingerprint density at radius 1 is 1.42 bits per heavy atom. The second kappa shape index (κ2) is 2.87. The standard InChI is InChI=1S/C7H10F2O2S/c1-3-6(8)7(9,4-2)12-5(10)11-6/h3-4H2,1-2H3. The van der Waals surface area contributed by atoms with Gasteiger partial charge in [-0.15, -0.1) is 0 Å². The quantitative estimate of drug-likeness (QED) is 0.635. The number of halogens is 2. The Kier molecular flexibility index (Phi) is 2.33. The Hall–Kier alpha value is -0.320. The molecule has 0 aromatic carbocycles. The summed E-state index contributed by atoms with van der Waals surface area (Å²) in [7, 11) is 0. The van der Waals surface area contributed by atoms with Gasteiger partial charge in [0.1, 0.15) is 0 Å². The summed E-state index contributed by atoms with van der Waals surface area (Å²) in [5.41, 5.74) is 0. The number of carbonyl (C=O) groups excluding carboxylic acids is 1. The van der Waals surface area contributed by atoms with E-state index >= 15 is 0 Å². The molecule has 1 aliphatic rings. The van der Waals surface area contributed by atoms with E-state index in [0.29, 0.717) is 11.8 Å². The van der Waals surface area contributed by atoms with Crippen LogP contribution in [0.25, 0.3) is 0 Å². The van der Waals surface area contributed by atoms with Gasteiger partial charge in [0.15, 0.2) is 0 Å². The molecule has 2 nitrogen and oxygen atoms in total. The highest BCUT2D eigenvalue weighted by atomic mass is 32.2. The van der Waals surface area contributed by atoms with Crippen molar-refractivity contribution in [3.63, 3.8) is 0 Å². The molecule has 0 saturated carbocycles. The summed E-state index contributed by atoms with van der Waals surface area (Å²) in [6, 6.07) is 0. The van der Waals surface area contributed by atoms with Crippen molar-refractivity contribution >= 4 is 17.1 Å². The summed E-state index contributed by atoms with van der Waals surface area (Å²) in [5, 5.41) is -3.08. The number of hydrogen-bond acceptors (Lipinski definition) is 3. The van der Waals surface area contributed by atoms with Crippen LogP contribution in [-0.4, -0.2) is 16.2 Å². The van der Waals surface area contributed by atoms with Crippen molar-refractivity contribution < 1.29 is 18.3 Å². The minimum absolute atomic E-state index is 0.0756. The molecule has 0 aromatic heterocycles. The Bertz CT molecular complexity index is 192. The number of carbonyl (C=O) groups is 1. The summed E-state index contributed by atoms with van der Waals surface area (Å²) in [6.07, 6.45) is -0.232. The van der Waals surface area contributed by atoms with E-state index in [4.69, 9.17) is 0 Å². The zero-order valence-electron chi connectivity index (χ0n) is 6.89. The number of hydrogen-bond donors (Lipinski definition) is 0. The Morgan fingerprint density at radius 3 is 2.33 bits per heavy atom. The van der Waals surface area contributed by atoms with Gasteiger partial charge >= 0.3 is 5.30 Å². The molecule has 0 radical (unpaired) electrons. The Morgan fingerprint density at radius 2 is 2.00 bits per heavy atom. The molecule has 0 bridgehead atoms. The molecular formula is C7H10F2O2S. The number of alkyl halides is 2. The predicted molar refractivity (Wildman–Crippen MR) is 42.3 cm³/mol. The SMILES string of the molecule is CCC1(F)OC(=O)SC1(F)CC. The van der Waals surface area contributed by atoms with Gasteiger partial charge in [-0.3, -0.25) is 0 Å². The van der Waals surface area contributed by atoms with Gasteiger partial charge in [0.05, 0.1) is 0 Å². The first-order chi connectivity index (χ1) is 5.47. The topological polar surface area (TPSA) is 26.3 Å². The lowest BCUT2D eigenvalue weighted by molar-refractivity contribution is -0.144. The normalized spacial score (nSPS) is 41.5. The molecule has 1 saturated heterocycles. The molecule has 0 aromatic rings. The summed E-state index contributed by atoms with van der Waals surface area (Å²) in [5.74, 6) is -2.44. The minimum Gasteiger partial charge on any atom is -0.416 e. The highest BCUT2D eigenvalue weighted by molar-refractivity contribution is 8.14. The summed E-state index contributed by atoms with van der Waals surface area (Å²) < 4.78 is 31.4. The molecule has 1 rings (SSSR count). The van der Waals surface area contributed by atoms with Gasteiger partial charge in [-0.1, -0.05) is 13.8 Å². The molecule has 2 atom stereocenters. The summed E-state index contributed by atoms with van der Waals surface area (Å²) in [6.45, 7) is 2.93. The average Bonchev–Trinajstić information content (AvgIpc) is 2.25. The van der Waals surface area contributed by atoms with Crippen molar-refractivity contribution in [2.75, 3.05) is 0 Å². The lowest BCUT2D eigenvalue weighted by Gasteiger charge is -2.26. The van der Waals surface area contributed by atoms with E-state index < -0.39 is 16.2 Å². The first-order valence-corrected chi connectivity index (χ1v) is 4.59.